The van der Waals surface area contributed by atoms with Gasteiger partial charge >= 0.3 is 5.97 Å². The second-order valence-electron chi connectivity index (χ2n) is 3.82. The first-order valence-electron chi connectivity index (χ1n) is 5.53. The summed E-state index contributed by atoms with van der Waals surface area (Å²) in [7, 11) is 1.37. The molecule has 0 spiro atoms. The third-order valence-electron chi connectivity index (χ3n) is 2.77. The Morgan fingerprint density at radius 1 is 1.75 bits per heavy atom. The molecule has 1 aliphatic rings. The number of carbonyl (C=O) groups excluding carboxylic acids is 1. The van der Waals surface area contributed by atoms with Gasteiger partial charge in [-0.15, -0.1) is 0 Å². The number of morpholine rings is 1. The molecule has 90 valence electrons. The topological polar surface area (TPSA) is 62.6 Å². The predicted molar refractivity (Wildman–Crippen MR) is 57.6 cm³/mol. The van der Waals surface area contributed by atoms with Crippen LogP contribution >= 0.6 is 0 Å². The van der Waals surface area contributed by atoms with Gasteiger partial charge < -0.3 is 9.47 Å². The molecule has 2 atom stereocenters. The molecular formula is C11H18N2O3. The molecule has 1 fully saturated rings. The first-order chi connectivity index (χ1) is 7.71. The summed E-state index contributed by atoms with van der Waals surface area (Å²) in [6, 6.07) is 2.18. The van der Waals surface area contributed by atoms with E-state index in [1.54, 1.807) is 0 Å². The van der Waals surface area contributed by atoms with E-state index in [0.717, 1.165) is 13.0 Å². The molecule has 1 rings (SSSR count). The van der Waals surface area contributed by atoms with Gasteiger partial charge in [0.25, 0.3) is 0 Å². The van der Waals surface area contributed by atoms with Crippen molar-refractivity contribution >= 4 is 5.97 Å². The highest BCUT2D eigenvalue weighted by molar-refractivity contribution is 5.69. The monoisotopic (exact) mass is 226 g/mol. The molecule has 0 aromatic heterocycles. The SMILES string of the molecule is CCC(C#N)N1CCOC(CC(=O)OC)C1. The Hall–Kier alpha value is -1.12. The van der Waals surface area contributed by atoms with E-state index >= 15 is 0 Å². The predicted octanol–water partition coefficient (Wildman–Crippen LogP) is 0.552. The lowest BCUT2D eigenvalue weighted by Gasteiger charge is -2.34. The highest BCUT2D eigenvalue weighted by Gasteiger charge is 2.27. The summed E-state index contributed by atoms with van der Waals surface area (Å²) in [6.07, 6.45) is 0.902. The van der Waals surface area contributed by atoms with Gasteiger partial charge in [0.1, 0.15) is 0 Å². The van der Waals surface area contributed by atoms with Crippen LogP contribution in [0.4, 0.5) is 0 Å². The lowest BCUT2D eigenvalue weighted by molar-refractivity contribution is -0.145. The number of methoxy groups -OCH3 is 1. The molecule has 5 nitrogen and oxygen atoms in total. The number of ether oxygens (including phenoxy) is 2. The lowest BCUT2D eigenvalue weighted by atomic mass is 10.1. The minimum Gasteiger partial charge on any atom is -0.469 e. The Morgan fingerprint density at radius 3 is 3.06 bits per heavy atom. The standard InChI is InChI=1S/C11H18N2O3/c1-3-9(7-12)13-4-5-16-10(8-13)6-11(14)15-2/h9-10H,3-6,8H2,1-2H3. The van der Waals surface area contributed by atoms with Crippen LogP contribution in [0, 0.1) is 11.3 Å². The van der Waals surface area contributed by atoms with Crippen molar-refractivity contribution in [1.29, 1.82) is 5.26 Å². The van der Waals surface area contributed by atoms with Crippen molar-refractivity contribution in [2.75, 3.05) is 26.8 Å². The summed E-state index contributed by atoms with van der Waals surface area (Å²) in [5.41, 5.74) is 0. The molecule has 1 saturated heterocycles. The Bertz CT molecular complexity index is 275. The fraction of sp³-hybridized carbons (Fsp3) is 0.818. The molecule has 5 heteroatoms. The smallest absolute Gasteiger partial charge is 0.308 e. The zero-order valence-electron chi connectivity index (χ0n) is 9.81. The first-order valence-corrected chi connectivity index (χ1v) is 5.53. The number of hydrogen-bond donors (Lipinski definition) is 0. The highest BCUT2D eigenvalue weighted by atomic mass is 16.5. The van der Waals surface area contributed by atoms with Crippen LogP contribution in [-0.4, -0.2) is 49.8 Å². The highest BCUT2D eigenvalue weighted by Crippen LogP contribution is 2.13. The molecule has 0 bridgehead atoms. The summed E-state index contributed by atoms with van der Waals surface area (Å²) in [5.74, 6) is -0.267. The quantitative estimate of drug-likeness (QED) is 0.655. The van der Waals surface area contributed by atoms with E-state index in [1.807, 2.05) is 6.92 Å². The molecule has 1 aliphatic heterocycles. The number of esters is 1. The van der Waals surface area contributed by atoms with Crippen molar-refractivity contribution in [3.8, 4) is 6.07 Å². The molecular weight excluding hydrogens is 208 g/mol. The molecule has 1 heterocycles. The molecule has 0 aromatic rings. The van der Waals surface area contributed by atoms with Gasteiger partial charge in [0.05, 0.1) is 38.4 Å². The van der Waals surface area contributed by atoms with Gasteiger partial charge in [-0.1, -0.05) is 6.92 Å². The average molecular weight is 226 g/mol. The third-order valence-corrected chi connectivity index (χ3v) is 2.77. The molecule has 0 N–H and O–H groups in total. The van der Waals surface area contributed by atoms with Crippen molar-refractivity contribution in [3.63, 3.8) is 0 Å². The maximum absolute atomic E-state index is 11.1. The summed E-state index contributed by atoms with van der Waals surface area (Å²) < 4.78 is 10.1. The van der Waals surface area contributed by atoms with Crippen LogP contribution in [0.2, 0.25) is 0 Å². The van der Waals surface area contributed by atoms with Crippen molar-refractivity contribution in [2.45, 2.75) is 31.9 Å². The molecule has 0 aliphatic carbocycles. The molecule has 0 amide bonds. The van der Waals surface area contributed by atoms with E-state index in [9.17, 15) is 4.79 Å². The fourth-order valence-electron chi connectivity index (χ4n) is 1.85. The molecule has 0 saturated carbocycles. The van der Waals surface area contributed by atoms with Crippen molar-refractivity contribution in [2.24, 2.45) is 0 Å². The normalized spacial score (nSPS) is 23.4. The van der Waals surface area contributed by atoms with Gasteiger partial charge in [0.15, 0.2) is 0 Å². The van der Waals surface area contributed by atoms with Crippen molar-refractivity contribution < 1.29 is 14.3 Å². The summed E-state index contributed by atoms with van der Waals surface area (Å²) in [6.45, 7) is 3.93. The van der Waals surface area contributed by atoms with Crippen LogP contribution in [-0.2, 0) is 14.3 Å². The molecule has 0 radical (unpaired) electrons. The summed E-state index contributed by atoms with van der Waals surface area (Å²) in [5, 5.41) is 8.97. The van der Waals surface area contributed by atoms with Crippen molar-refractivity contribution in [1.82, 2.24) is 4.90 Å². The number of carbonyl (C=O) groups is 1. The molecule has 16 heavy (non-hydrogen) atoms. The van der Waals surface area contributed by atoms with Crippen LogP contribution in [0.25, 0.3) is 0 Å². The lowest BCUT2D eigenvalue weighted by Crippen LogP contribution is -2.47. The van der Waals surface area contributed by atoms with Crippen LogP contribution in [0.5, 0.6) is 0 Å². The second-order valence-corrected chi connectivity index (χ2v) is 3.82. The van der Waals surface area contributed by atoms with Crippen LogP contribution in [0.15, 0.2) is 0 Å². The molecule has 2 unspecified atom stereocenters. The summed E-state index contributed by atoms with van der Waals surface area (Å²) in [4.78, 5) is 13.2. The number of nitrogens with zero attached hydrogens (tertiary/aromatic N) is 2. The zero-order valence-corrected chi connectivity index (χ0v) is 9.81. The number of rotatable bonds is 4. The third kappa shape index (κ3) is 3.47. The zero-order chi connectivity index (χ0) is 12.0. The van der Waals surface area contributed by atoms with E-state index in [0.29, 0.717) is 13.2 Å². The van der Waals surface area contributed by atoms with Gasteiger partial charge in [0, 0.05) is 13.1 Å². The fourth-order valence-corrected chi connectivity index (χ4v) is 1.85. The van der Waals surface area contributed by atoms with E-state index in [1.165, 1.54) is 7.11 Å². The molecule has 0 aromatic carbocycles. The average Bonchev–Trinajstić information content (AvgIpc) is 2.31. The Labute approximate surface area is 95.9 Å². The maximum atomic E-state index is 11.1. The van der Waals surface area contributed by atoms with Crippen LogP contribution < -0.4 is 0 Å². The van der Waals surface area contributed by atoms with Gasteiger partial charge in [-0.3, -0.25) is 9.69 Å². The Balaban J connectivity index is 2.47. The largest absolute Gasteiger partial charge is 0.469 e. The van der Waals surface area contributed by atoms with Gasteiger partial charge in [-0.05, 0) is 6.42 Å². The van der Waals surface area contributed by atoms with Crippen LogP contribution in [0.3, 0.4) is 0 Å². The van der Waals surface area contributed by atoms with Gasteiger partial charge in [0.2, 0.25) is 0 Å². The van der Waals surface area contributed by atoms with E-state index in [4.69, 9.17) is 10.00 Å². The Morgan fingerprint density at radius 2 is 2.50 bits per heavy atom. The van der Waals surface area contributed by atoms with Crippen molar-refractivity contribution in [3.05, 3.63) is 0 Å². The minimum absolute atomic E-state index is 0.0796. The number of nitriles is 1. The maximum Gasteiger partial charge on any atom is 0.308 e. The van der Waals surface area contributed by atoms with E-state index in [2.05, 4.69) is 15.7 Å². The van der Waals surface area contributed by atoms with Gasteiger partial charge in [-0.2, -0.15) is 5.26 Å². The number of hydrogen-bond acceptors (Lipinski definition) is 5. The van der Waals surface area contributed by atoms with Crippen LogP contribution in [0.1, 0.15) is 19.8 Å². The second kappa shape index (κ2) is 6.46. The van der Waals surface area contributed by atoms with Gasteiger partial charge in [-0.25, -0.2) is 0 Å². The van der Waals surface area contributed by atoms with E-state index < -0.39 is 0 Å². The van der Waals surface area contributed by atoms with E-state index in [-0.39, 0.29) is 24.5 Å². The minimum atomic E-state index is -0.267. The summed E-state index contributed by atoms with van der Waals surface area (Å²) >= 11 is 0. The Kier molecular flexibility index (Phi) is 5.23. The first kappa shape index (κ1) is 12.9.